The topological polar surface area (TPSA) is 12.5 Å². The van der Waals surface area contributed by atoms with Gasteiger partial charge in [-0.1, -0.05) is 26.7 Å². The Kier molecular flexibility index (Phi) is 5.98. The Morgan fingerprint density at radius 3 is 2.33 bits per heavy atom. The Bertz CT molecular complexity index is 213. The van der Waals surface area contributed by atoms with E-state index in [1.54, 1.807) is 6.26 Å². The third-order valence-corrected chi connectivity index (χ3v) is 2.68. The minimum Gasteiger partial charge on any atom is -0.471 e. The standard InChI is InChI=1S/C13H23NO/c1-3-5-9-14(10-6-4-2)13-8-7-11-15-12-13/h7,11-12H,3-6,8-10H2,1-2H3. The molecule has 0 unspecified atom stereocenters. The average molecular weight is 209 g/mol. The van der Waals surface area contributed by atoms with Crippen molar-refractivity contribution in [2.24, 2.45) is 0 Å². The Balaban J connectivity index is 2.42. The van der Waals surface area contributed by atoms with Crippen molar-refractivity contribution in [3.63, 3.8) is 0 Å². The molecule has 15 heavy (non-hydrogen) atoms. The van der Waals surface area contributed by atoms with Crippen LogP contribution >= 0.6 is 0 Å². The second-order valence-corrected chi connectivity index (χ2v) is 4.02. The van der Waals surface area contributed by atoms with Crippen molar-refractivity contribution >= 4 is 0 Å². The Morgan fingerprint density at radius 1 is 1.20 bits per heavy atom. The number of hydrogen-bond donors (Lipinski definition) is 0. The minimum absolute atomic E-state index is 1.02. The monoisotopic (exact) mass is 209 g/mol. The fourth-order valence-corrected chi connectivity index (χ4v) is 1.69. The molecule has 0 aromatic rings. The van der Waals surface area contributed by atoms with Crippen molar-refractivity contribution in [2.45, 2.75) is 46.0 Å². The van der Waals surface area contributed by atoms with Gasteiger partial charge in [0.25, 0.3) is 0 Å². The van der Waals surface area contributed by atoms with Crippen LogP contribution in [0.5, 0.6) is 0 Å². The quantitative estimate of drug-likeness (QED) is 0.634. The van der Waals surface area contributed by atoms with Gasteiger partial charge in [0, 0.05) is 19.5 Å². The molecule has 1 aliphatic rings. The number of hydrogen-bond acceptors (Lipinski definition) is 2. The van der Waals surface area contributed by atoms with Crippen LogP contribution in [0.1, 0.15) is 46.0 Å². The summed E-state index contributed by atoms with van der Waals surface area (Å²) < 4.78 is 5.24. The van der Waals surface area contributed by atoms with Gasteiger partial charge in [-0.15, -0.1) is 0 Å². The summed E-state index contributed by atoms with van der Waals surface area (Å²) in [6, 6.07) is 0. The fourth-order valence-electron chi connectivity index (χ4n) is 1.69. The first-order valence-corrected chi connectivity index (χ1v) is 6.13. The summed E-state index contributed by atoms with van der Waals surface area (Å²) in [5.41, 5.74) is 1.33. The zero-order valence-electron chi connectivity index (χ0n) is 10.0. The highest BCUT2D eigenvalue weighted by Crippen LogP contribution is 2.16. The lowest BCUT2D eigenvalue weighted by atomic mass is 10.2. The molecule has 1 rings (SSSR count). The lowest BCUT2D eigenvalue weighted by Gasteiger charge is -2.27. The lowest BCUT2D eigenvalue weighted by Crippen LogP contribution is -2.26. The SMILES string of the molecule is CCCCN(CCCC)C1=COC=CC1. The highest BCUT2D eigenvalue weighted by molar-refractivity contribution is 5.07. The highest BCUT2D eigenvalue weighted by Gasteiger charge is 2.09. The number of ether oxygens (including phenoxy) is 1. The van der Waals surface area contributed by atoms with Crippen LogP contribution < -0.4 is 0 Å². The first-order chi connectivity index (χ1) is 7.38. The molecule has 0 N–H and O–H groups in total. The van der Waals surface area contributed by atoms with Crippen molar-refractivity contribution < 1.29 is 4.74 Å². The second kappa shape index (κ2) is 7.38. The van der Waals surface area contributed by atoms with Gasteiger partial charge in [0.1, 0.15) is 6.26 Å². The smallest absolute Gasteiger partial charge is 0.110 e. The Labute approximate surface area is 93.6 Å². The summed E-state index contributed by atoms with van der Waals surface area (Å²) in [5, 5.41) is 0. The van der Waals surface area contributed by atoms with Crippen LogP contribution in [0.25, 0.3) is 0 Å². The molecular weight excluding hydrogens is 186 g/mol. The van der Waals surface area contributed by atoms with Crippen LogP contribution in [0.4, 0.5) is 0 Å². The maximum atomic E-state index is 5.24. The van der Waals surface area contributed by atoms with Gasteiger partial charge in [-0.05, 0) is 18.9 Å². The van der Waals surface area contributed by atoms with Crippen LogP contribution in [0.15, 0.2) is 24.3 Å². The molecule has 1 heterocycles. The van der Waals surface area contributed by atoms with Crippen LogP contribution in [-0.2, 0) is 4.74 Å². The summed E-state index contributed by atoms with van der Waals surface area (Å²) in [5.74, 6) is 0. The predicted molar refractivity (Wildman–Crippen MR) is 64.3 cm³/mol. The van der Waals surface area contributed by atoms with E-state index in [0.29, 0.717) is 0 Å². The van der Waals surface area contributed by atoms with Gasteiger partial charge in [-0.2, -0.15) is 0 Å². The van der Waals surface area contributed by atoms with Gasteiger partial charge in [0.2, 0.25) is 0 Å². The predicted octanol–water partition coefficient (Wildman–Crippen LogP) is 3.66. The van der Waals surface area contributed by atoms with E-state index in [0.717, 1.165) is 6.42 Å². The normalized spacial score (nSPS) is 14.7. The van der Waals surface area contributed by atoms with E-state index in [1.807, 2.05) is 6.26 Å². The van der Waals surface area contributed by atoms with Gasteiger partial charge < -0.3 is 9.64 Å². The third-order valence-electron chi connectivity index (χ3n) is 2.68. The van der Waals surface area contributed by atoms with Crippen molar-refractivity contribution in [3.05, 3.63) is 24.3 Å². The molecule has 0 fully saturated rings. The summed E-state index contributed by atoms with van der Waals surface area (Å²) in [7, 11) is 0. The van der Waals surface area contributed by atoms with Crippen LogP contribution in [-0.4, -0.2) is 18.0 Å². The average Bonchev–Trinajstić information content (AvgIpc) is 2.30. The molecule has 0 aromatic carbocycles. The largest absolute Gasteiger partial charge is 0.471 e. The summed E-state index contributed by atoms with van der Waals surface area (Å²) in [6.07, 6.45) is 11.8. The highest BCUT2D eigenvalue weighted by atomic mass is 16.5. The molecule has 0 amide bonds. The molecule has 0 spiro atoms. The zero-order chi connectivity index (χ0) is 10.9. The molecular formula is C13H23NO. The van der Waals surface area contributed by atoms with E-state index in [4.69, 9.17) is 4.74 Å². The van der Waals surface area contributed by atoms with E-state index in [1.165, 1.54) is 44.5 Å². The second-order valence-electron chi connectivity index (χ2n) is 4.02. The van der Waals surface area contributed by atoms with E-state index in [2.05, 4.69) is 24.8 Å². The maximum absolute atomic E-state index is 5.24. The first kappa shape index (κ1) is 12.2. The molecule has 2 heteroatoms. The molecule has 2 nitrogen and oxygen atoms in total. The third kappa shape index (κ3) is 4.41. The Morgan fingerprint density at radius 2 is 1.87 bits per heavy atom. The summed E-state index contributed by atoms with van der Waals surface area (Å²) >= 11 is 0. The number of unbranched alkanes of at least 4 members (excludes halogenated alkanes) is 2. The number of nitrogens with zero attached hydrogens (tertiary/aromatic N) is 1. The fraction of sp³-hybridized carbons (Fsp3) is 0.692. The van der Waals surface area contributed by atoms with Crippen LogP contribution in [0, 0.1) is 0 Å². The molecule has 0 bridgehead atoms. The molecule has 86 valence electrons. The van der Waals surface area contributed by atoms with Gasteiger partial charge in [0.05, 0.1) is 12.0 Å². The molecule has 0 aliphatic carbocycles. The van der Waals surface area contributed by atoms with Gasteiger partial charge >= 0.3 is 0 Å². The van der Waals surface area contributed by atoms with Crippen LogP contribution in [0.3, 0.4) is 0 Å². The van der Waals surface area contributed by atoms with E-state index < -0.39 is 0 Å². The van der Waals surface area contributed by atoms with E-state index >= 15 is 0 Å². The number of allylic oxidation sites excluding steroid dienone is 1. The van der Waals surface area contributed by atoms with Crippen molar-refractivity contribution in [2.75, 3.05) is 13.1 Å². The molecule has 0 saturated carbocycles. The molecule has 0 saturated heterocycles. The van der Waals surface area contributed by atoms with Gasteiger partial charge in [-0.25, -0.2) is 0 Å². The molecule has 0 aromatic heterocycles. The molecule has 0 atom stereocenters. The van der Waals surface area contributed by atoms with E-state index in [-0.39, 0.29) is 0 Å². The molecule has 0 radical (unpaired) electrons. The minimum atomic E-state index is 1.02. The van der Waals surface area contributed by atoms with Crippen molar-refractivity contribution in [3.8, 4) is 0 Å². The van der Waals surface area contributed by atoms with Gasteiger partial charge in [0.15, 0.2) is 0 Å². The summed E-state index contributed by atoms with van der Waals surface area (Å²) in [4.78, 5) is 2.47. The van der Waals surface area contributed by atoms with Crippen molar-refractivity contribution in [1.29, 1.82) is 0 Å². The summed E-state index contributed by atoms with van der Waals surface area (Å²) in [6.45, 7) is 6.81. The van der Waals surface area contributed by atoms with Crippen LogP contribution in [0.2, 0.25) is 0 Å². The maximum Gasteiger partial charge on any atom is 0.110 e. The Hall–Kier alpha value is -0.920. The zero-order valence-corrected chi connectivity index (χ0v) is 10.0. The van der Waals surface area contributed by atoms with Crippen molar-refractivity contribution in [1.82, 2.24) is 4.90 Å². The first-order valence-electron chi connectivity index (χ1n) is 6.13. The molecule has 1 aliphatic heterocycles. The van der Waals surface area contributed by atoms with E-state index in [9.17, 15) is 0 Å². The van der Waals surface area contributed by atoms with Gasteiger partial charge in [-0.3, -0.25) is 0 Å². The number of rotatable bonds is 7. The lowest BCUT2D eigenvalue weighted by molar-refractivity contribution is 0.290.